The van der Waals surface area contributed by atoms with Crippen LogP contribution in [0.25, 0.3) is 5.53 Å². The fourth-order valence-electron chi connectivity index (χ4n) is 0.558. The van der Waals surface area contributed by atoms with Crippen molar-refractivity contribution >= 4 is 13.9 Å². The second kappa shape index (κ2) is 6.35. The standard InChI is InChI=1S/C6H6.C4H10N2Si/c1-2-4-6-5-3-1;1-7(2,3)4-6-5/h1-6H;4H,1-3H3. The highest BCUT2D eigenvalue weighted by molar-refractivity contribution is 6.98. The predicted molar refractivity (Wildman–Crippen MR) is 59.5 cm³/mol. The zero-order valence-electron chi connectivity index (χ0n) is 8.44. The minimum Gasteiger partial charge on any atom is -0.363 e. The minimum absolute atomic E-state index is 1.20. The summed E-state index contributed by atoms with van der Waals surface area (Å²) in [6.45, 7) is 6.31. The molecule has 0 bridgehead atoms. The summed E-state index contributed by atoms with van der Waals surface area (Å²) in [6, 6.07) is 12.0. The summed E-state index contributed by atoms with van der Waals surface area (Å²) in [7, 11) is -1.20. The molecule has 0 atom stereocenters. The highest BCUT2D eigenvalue weighted by Crippen LogP contribution is 1.91. The van der Waals surface area contributed by atoms with Gasteiger partial charge in [0.05, 0.1) is 0 Å². The quantitative estimate of drug-likeness (QED) is 0.284. The first kappa shape index (κ1) is 11.8. The molecule has 0 aliphatic heterocycles. The van der Waals surface area contributed by atoms with Gasteiger partial charge >= 0.3 is 0 Å². The summed E-state index contributed by atoms with van der Waals surface area (Å²) < 4.78 is 0. The Morgan fingerprint density at radius 1 is 0.923 bits per heavy atom. The van der Waals surface area contributed by atoms with E-state index < -0.39 is 8.07 Å². The van der Waals surface area contributed by atoms with Crippen LogP contribution in [0.3, 0.4) is 0 Å². The second-order valence-electron chi connectivity index (χ2n) is 3.77. The molecule has 0 radical (unpaired) electrons. The lowest BCUT2D eigenvalue weighted by molar-refractivity contribution is 0.00680. The number of hydrogen-bond acceptors (Lipinski definition) is 0. The molecular weight excluding hydrogens is 176 g/mol. The molecule has 1 aromatic carbocycles. The van der Waals surface area contributed by atoms with Gasteiger partial charge in [-0.2, -0.15) is 4.79 Å². The van der Waals surface area contributed by atoms with Crippen molar-refractivity contribution in [1.29, 1.82) is 0 Å². The summed E-state index contributed by atoms with van der Waals surface area (Å²) in [5.41, 5.74) is 8.01. The van der Waals surface area contributed by atoms with Gasteiger partial charge in [-0.05, 0) is 0 Å². The molecule has 0 aliphatic rings. The Balaban J connectivity index is 0.000000223. The maximum Gasteiger partial charge on any atom is 0.226 e. The van der Waals surface area contributed by atoms with E-state index in [1.807, 2.05) is 36.4 Å². The summed E-state index contributed by atoms with van der Waals surface area (Å²) >= 11 is 0. The van der Waals surface area contributed by atoms with Crippen LogP contribution >= 0.6 is 0 Å². The first-order valence-corrected chi connectivity index (χ1v) is 7.82. The first-order valence-electron chi connectivity index (χ1n) is 4.25. The topological polar surface area (TPSA) is 36.4 Å². The van der Waals surface area contributed by atoms with Crippen LogP contribution in [0.4, 0.5) is 0 Å². The van der Waals surface area contributed by atoms with Gasteiger partial charge in [0.2, 0.25) is 5.84 Å². The normalized spacial score (nSPS) is 9.15. The van der Waals surface area contributed by atoms with Crippen molar-refractivity contribution in [3.8, 4) is 0 Å². The molecule has 0 unspecified atom stereocenters. The molecule has 0 amide bonds. The van der Waals surface area contributed by atoms with Gasteiger partial charge in [-0.15, -0.1) is 0 Å². The van der Waals surface area contributed by atoms with Gasteiger partial charge in [0.25, 0.3) is 0 Å². The van der Waals surface area contributed by atoms with Crippen LogP contribution in [-0.2, 0) is 0 Å². The van der Waals surface area contributed by atoms with E-state index in [-0.39, 0.29) is 0 Å². The Kier molecular flexibility index (Phi) is 5.77. The Morgan fingerprint density at radius 2 is 1.23 bits per heavy atom. The predicted octanol–water partition coefficient (Wildman–Crippen LogP) is 2.85. The molecule has 13 heavy (non-hydrogen) atoms. The average molecular weight is 192 g/mol. The Labute approximate surface area is 80.9 Å². The third-order valence-electron chi connectivity index (χ3n) is 1.11. The van der Waals surface area contributed by atoms with Gasteiger partial charge in [0, 0.05) is 0 Å². The van der Waals surface area contributed by atoms with E-state index in [0.29, 0.717) is 0 Å². The van der Waals surface area contributed by atoms with Crippen molar-refractivity contribution in [3.63, 3.8) is 0 Å². The van der Waals surface area contributed by atoms with Crippen molar-refractivity contribution in [2.45, 2.75) is 19.6 Å². The average Bonchev–Trinajstić information content (AvgIpc) is 2.06. The van der Waals surface area contributed by atoms with Gasteiger partial charge in [-0.1, -0.05) is 56.0 Å². The minimum atomic E-state index is -1.20. The SMILES string of the molecule is C[Si](C)(C)C=[N+]=[N-].c1ccccc1. The highest BCUT2D eigenvalue weighted by atomic mass is 28.3. The van der Waals surface area contributed by atoms with Gasteiger partial charge in [-0.25, -0.2) is 0 Å². The Morgan fingerprint density at radius 3 is 1.31 bits per heavy atom. The molecule has 0 saturated heterocycles. The van der Waals surface area contributed by atoms with Crippen molar-refractivity contribution < 1.29 is 4.79 Å². The zero-order valence-corrected chi connectivity index (χ0v) is 9.44. The molecule has 1 rings (SSSR count). The van der Waals surface area contributed by atoms with E-state index >= 15 is 0 Å². The Bertz CT molecular complexity index is 231. The lowest BCUT2D eigenvalue weighted by atomic mass is 10.4. The largest absolute Gasteiger partial charge is 0.363 e. The van der Waals surface area contributed by atoms with Gasteiger partial charge in [0.15, 0.2) is 8.07 Å². The van der Waals surface area contributed by atoms with E-state index in [9.17, 15) is 0 Å². The fraction of sp³-hybridized carbons (Fsp3) is 0.300. The lowest BCUT2D eigenvalue weighted by Gasteiger charge is -1.95. The summed E-state index contributed by atoms with van der Waals surface area (Å²) in [5.74, 6) is 1.63. The number of nitrogens with zero attached hydrogens (tertiary/aromatic N) is 2. The van der Waals surface area contributed by atoms with Crippen molar-refractivity contribution in [1.82, 2.24) is 0 Å². The van der Waals surface area contributed by atoms with Crippen LogP contribution < -0.4 is 0 Å². The maximum absolute atomic E-state index is 8.01. The molecule has 0 fully saturated rings. The monoisotopic (exact) mass is 192 g/mol. The van der Waals surface area contributed by atoms with E-state index in [1.54, 1.807) is 5.84 Å². The van der Waals surface area contributed by atoms with Crippen LogP contribution in [0.5, 0.6) is 0 Å². The van der Waals surface area contributed by atoms with Crippen LogP contribution in [0.1, 0.15) is 0 Å². The van der Waals surface area contributed by atoms with Crippen LogP contribution in [0.15, 0.2) is 36.4 Å². The van der Waals surface area contributed by atoms with Gasteiger partial charge in [0.1, 0.15) is 0 Å². The zero-order chi connectivity index (χ0) is 10.2. The fourth-order valence-corrected chi connectivity index (χ4v) is 0.905. The summed E-state index contributed by atoms with van der Waals surface area (Å²) in [6.07, 6.45) is 0. The molecule has 0 aliphatic carbocycles. The van der Waals surface area contributed by atoms with Gasteiger partial charge in [-0.3, -0.25) is 0 Å². The lowest BCUT2D eigenvalue weighted by Crippen LogP contribution is -2.22. The summed E-state index contributed by atoms with van der Waals surface area (Å²) in [4.78, 5) is 2.94. The number of hydrogen-bond donors (Lipinski definition) is 0. The third-order valence-corrected chi connectivity index (χ3v) is 2.00. The molecule has 2 nitrogen and oxygen atoms in total. The van der Waals surface area contributed by atoms with E-state index in [1.165, 1.54) is 0 Å². The molecule has 0 aromatic heterocycles. The van der Waals surface area contributed by atoms with E-state index in [0.717, 1.165) is 0 Å². The number of rotatable bonds is 1. The Hall–Kier alpha value is -1.18. The number of benzene rings is 1. The molecule has 1 aromatic rings. The van der Waals surface area contributed by atoms with E-state index in [4.69, 9.17) is 5.53 Å². The van der Waals surface area contributed by atoms with Crippen LogP contribution in [-0.4, -0.2) is 18.7 Å². The van der Waals surface area contributed by atoms with Crippen LogP contribution in [0.2, 0.25) is 19.6 Å². The van der Waals surface area contributed by atoms with Crippen LogP contribution in [0, 0.1) is 0 Å². The van der Waals surface area contributed by atoms with Crippen molar-refractivity contribution in [2.75, 3.05) is 0 Å². The van der Waals surface area contributed by atoms with E-state index in [2.05, 4.69) is 24.4 Å². The maximum atomic E-state index is 8.01. The van der Waals surface area contributed by atoms with Gasteiger partial charge < -0.3 is 5.53 Å². The molecule has 0 saturated carbocycles. The molecule has 0 spiro atoms. The van der Waals surface area contributed by atoms with Crippen molar-refractivity contribution in [2.24, 2.45) is 0 Å². The first-order chi connectivity index (χ1) is 6.06. The molecule has 70 valence electrons. The molecular formula is C10H16N2Si. The molecule has 0 heterocycles. The molecule has 3 heteroatoms. The molecule has 0 N–H and O–H groups in total. The van der Waals surface area contributed by atoms with Crippen molar-refractivity contribution in [3.05, 3.63) is 41.9 Å². The smallest absolute Gasteiger partial charge is 0.226 e. The third kappa shape index (κ3) is 10.8. The highest BCUT2D eigenvalue weighted by Gasteiger charge is 2.14. The summed E-state index contributed by atoms with van der Waals surface area (Å²) in [5, 5.41) is 0. The second-order valence-corrected chi connectivity index (χ2v) is 8.76.